The number of carbonyl (C=O) groups excluding carboxylic acids is 2. The van der Waals surface area contributed by atoms with Gasteiger partial charge in [0.15, 0.2) is 5.13 Å². The molecule has 2 heterocycles. The van der Waals surface area contributed by atoms with Gasteiger partial charge in [0.05, 0.1) is 12.1 Å². The van der Waals surface area contributed by atoms with Crippen LogP contribution in [0.15, 0.2) is 47.8 Å². The van der Waals surface area contributed by atoms with Gasteiger partial charge in [-0.1, -0.05) is 12.1 Å². The number of rotatable bonds is 5. The van der Waals surface area contributed by atoms with Gasteiger partial charge in [0.25, 0.3) is 5.91 Å². The molecule has 3 aromatic rings. The molecule has 0 aliphatic carbocycles. The molecule has 1 aliphatic heterocycles. The van der Waals surface area contributed by atoms with Crippen molar-refractivity contribution in [1.82, 2.24) is 9.88 Å². The Bertz CT molecular complexity index is 1120. The number of anilines is 2. The molecule has 6 nitrogen and oxygen atoms in total. The normalized spacial score (nSPS) is 13.8. The number of halogens is 1. The number of aryl methyl sites for hydroxylation is 2. The van der Waals surface area contributed by atoms with Crippen LogP contribution in [0.1, 0.15) is 27.2 Å². The number of hydrogen-bond donors (Lipinski definition) is 1. The van der Waals surface area contributed by atoms with Crippen molar-refractivity contribution in [2.24, 2.45) is 0 Å². The fourth-order valence-electron chi connectivity index (χ4n) is 3.74. The number of carbonyl (C=O) groups is 2. The highest BCUT2D eigenvalue weighted by Gasteiger charge is 2.23. The largest absolute Gasteiger partial charge is 0.368 e. The lowest BCUT2D eigenvalue weighted by Gasteiger charge is -2.37. The molecule has 1 aromatic heterocycles. The molecule has 1 fully saturated rings. The van der Waals surface area contributed by atoms with Crippen molar-refractivity contribution < 1.29 is 14.0 Å². The van der Waals surface area contributed by atoms with Gasteiger partial charge in [-0.3, -0.25) is 14.9 Å². The summed E-state index contributed by atoms with van der Waals surface area (Å²) in [7, 11) is 0. The molecule has 2 aromatic carbocycles. The summed E-state index contributed by atoms with van der Waals surface area (Å²) in [4.78, 5) is 33.6. The third-order valence-corrected chi connectivity index (χ3v) is 6.36. The van der Waals surface area contributed by atoms with Gasteiger partial charge < -0.3 is 9.80 Å². The van der Waals surface area contributed by atoms with Crippen LogP contribution in [-0.4, -0.2) is 47.9 Å². The molecular formula is C24H25FN4O2S. The number of thiazole rings is 1. The van der Waals surface area contributed by atoms with Crippen molar-refractivity contribution in [3.05, 3.63) is 76.0 Å². The average molecular weight is 453 g/mol. The first-order chi connectivity index (χ1) is 15.4. The number of piperazine rings is 1. The third-order valence-electron chi connectivity index (χ3n) is 5.55. The predicted molar refractivity (Wildman–Crippen MR) is 125 cm³/mol. The Hall–Kier alpha value is -3.26. The van der Waals surface area contributed by atoms with Crippen LogP contribution in [0.25, 0.3) is 0 Å². The van der Waals surface area contributed by atoms with Gasteiger partial charge in [-0.25, -0.2) is 9.37 Å². The van der Waals surface area contributed by atoms with Crippen LogP contribution in [0.4, 0.5) is 15.2 Å². The zero-order chi connectivity index (χ0) is 22.7. The molecule has 1 N–H and O–H groups in total. The standard InChI is InChI=1S/C24H25FN4O2S/c1-16-3-4-17(2)21(13-16)28-9-11-29(12-10-28)22(30)14-20-15-32-24(26-20)27-23(31)18-5-7-19(25)8-6-18/h3-8,13,15H,9-12,14H2,1-2H3,(H,26,27,31). The maximum Gasteiger partial charge on any atom is 0.257 e. The number of amides is 2. The number of hydrogen-bond acceptors (Lipinski definition) is 5. The Kier molecular flexibility index (Phi) is 6.50. The Morgan fingerprint density at radius 1 is 1.06 bits per heavy atom. The molecule has 166 valence electrons. The van der Waals surface area contributed by atoms with Crippen LogP contribution < -0.4 is 10.2 Å². The van der Waals surface area contributed by atoms with Crippen molar-refractivity contribution >= 4 is 34.0 Å². The molecule has 8 heteroatoms. The van der Waals surface area contributed by atoms with E-state index in [0.717, 1.165) is 13.1 Å². The summed E-state index contributed by atoms with van der Waals surface area (Å²) in [6.45, 7) is 7.14. The number of nitrogens with zero attached hydrogens (tertiary/aromatic N) is 3. The van der Waals surface area contributed by atoms with Gasteiger partial charge in [-0.2, -0.15) is 0 Å². The van der Waals surface area contributed by atoms with E-state index in [1.807, 2.05) is 4.90 Å². The molecule has 0 saturated carbocycles. The van der Waals surface area contributed by atoms with Crippen molar-refractivity contribution in [2.75, 3.05) is 36.4 Å². The highest BCUT2D eigenvalue weighted by molar-refractivity contribution is 7.14. The minimum absolute atomic E-state index is 0.0346. The molecule has 4 rings (SSSR count). The van der Waals surface area contributed by atoms with Crippen LogP contribution in [0.5, 0.6) is 0 Å². The van der Waals surface area contributed by atoms with E-state index in [1.165, 1.54) is 52.4 Å². The lowest BCUT2D eigenvalue weighted by molar-refractivity contribution is -0.130. The fourth-order valence-corrected chi connectivity index (χ4v) is 4.45. The molecule has 0 atom stereocenters. The Morgan fingerprint density at radius 3 is 2.50 bits per heavy atom. The van der Waals surface area contributed by atoms with E-state index in [9.17, 15) is 14.0 Å². The van der Waals surface area contributed by atoms with E-state index in [4.69, 9.17) is 0 Å². The minimum atomic E-state index is -0.397. The summed E-state index contributed by atoms with van der Waals surface area (Å²) in [5.41, 5.74) is 4.69. The second-order valence-corrected chi connectivity index (χ2v) is 8.80. The maximum atomic E-state index is 13.0. The zero-order valence-corrected chi connectivity index (χ0v) is 18.9. The first-order valence-electron chi connectivity index (χ1n) is 10.5. The van der Waals surface area contributed by atoms with Gasteiger partial charge in [-0.15, -0.1) is 11.3 Å². The van der Waals surface area contributed by atoms with Gasteiger partial charge in [0.1, 0.15) is 5.82 Å². The lowest BCUT2D eigenvalue weighted by atomic mass is 10.1. The molecule has 0 spiro atoms. The molecule has 2 amide bonds. The Morgan fingerprint density at radius 2 is 1.78 bits per heavy atom. The maximum absolute atomic E-state index is 13.0. The third kappa shape index (κ3) is 5.13. The SMILES string of the molecule is Cc1ccc(C)c(N2CCN(C(=O)Cc3csc(NC(=O)c4ccc(F)cc4)n3)CC2)c1. The van der Waals surface area contributed by atoms with E-state index in [2.05, 4.69) is 47.2 Å². The molecule has 1 aliphatic rings. The summed E-state index contributed by atoms with van der Waals surface area (Å²) in [6, 6.07) is 11.8. The summed E-state index contributed by atoms with van der Waals surface area (Å²) in [5.74, 6) is -0.724. The number of nitrogens with one attached hydrogen (secondary N) is 1. The van der Waals surface area contributed by atoms with Crippen molar-refractivity contribution in [1.29, 1.82) is 0 Å². The van der Waals surface area contributed by atoms with E-state index >= 15 is 0 Å². The van der Waals surface area contributed by atoms with E-state index in [1.54, 1.807) is 5.38 Å². The first-order valence-corrected chi connectivity index (χ1v) is 11.4. The van der Waals surface area contributed by atoms with Gasteiger partial charge >= 0.3 is 0 Å². The van der Waals surface area contributed by atoms with E-state index in [-0.39, 0.29) is 18.2 Å². The summed E-state index contributed by atoms with van der Waals surface area (Å²) >= 11 is 1.27. The molecular weight excluding hydrogens is 427 g/mol. The lowest BCUT2D eigenvalue weighted by Crippen LogP contribution is -2.49. The summed E-state index contributed by atoms with van der Waals surface area (Å²) in [5, 5.41) is 4.90. The Balaban J connectivity index is 1.30. The first kappa shape index (κ1) is 22.0. The predicted octanol–water partition coefficient (Wildman–Crippen LogP) is 4.04. The van der Waals surface area contributed by atoms with Crippen molar-refractivity contribution in [3.8, 4) is 0 Å². The highest BCUT2D eigenvalue weighted by atomic mass is 32.1. The molecule has 0 bridgehead atoms. The van der Waals surface area contributed by atoms with Gasteiger partial charge in [0, 0.05) is 42.8 Å². The smallest absolute Gasteiger partial charge is 0.257 e. The van der Waals surface area contributed by atoms with Crippen LogP contribution in [-0.2, 0) is 11.2 Å². The minimum Gasteiger partial charge on any atom is -0.368 e. The molecule has 1 saturated heterocycles. The molecule has 0 unspecified atom stereocenters. The summed E-state index contributed by atoms with van der Waals surface area (Å²) < 4.78 is 13.0. The molecule has 0 radical (unpaired) electrons. The van der Waals surface area contributed by atoms with Gasteiger partial charge in [-0.05, 0) is 55.3 Å². The molecule has 32 heavy (non-hydrogen) atoms. The summed E-state index contributed by atoms with van der Waals surface area (Å²) in [6.07, 6.45) is 0.201. The van der Waals surface area contributed by atoms with E-state index < -0.39 is 5.82 Å². The Labute approximate surface area is 190 Å². The van der Waals surface area contributed by atoms with Crippen molar-refractivity contribution in [2.45, 2.75) is 20.3 Å². The van der Waals surface area contributed by atoms with Crippen LogP contribution in [0, 0.1) is 19.7 Å². The van der Waals surface area contributed by atoms with Gasteiger partial charge in [0.2, 0.25) is 5.91 Å². The van der Waals surface area contributed by atoms with Crippen LogP contribution in [0.3, 0.4) is 0 Å². The second-order valence-electron chi connectivity index (χ2n) is 7.94. The topological polar surface area (TPSA) is 65.5 Å². The second kappa shape index (κ2) is 9.48. The van der Waals surface area contributed by atoms with Crippen LogP contribution >= 0.6 is 11.3 Å². The monoisotopic (exact) mass is 452 g/mol. The number of benzene rings is 2. The average Bonchev–Trinajstić information content (AvgIpc) is 3.22. The zero-order valence-electron chi connectivity index (χ0n) is 18.1. The fraction of sp³-hybridized carbons (Fsp3) is 0.292. The highest BCUT2D eigenvalue weighted by Crippen LogP contribution is 2.23. The quantitative estimate of drug-likeness (QED) is 0.635. The van der Waals surface area contributed by atoms with E-state index in [0.29, 0.717) is 29.5 Å². The van der Waals surface area contributed by atoms with Crippen LogP contribution in [0.2, 0.25) is 0 Å². The number of aromatic nitrogens is 1. The van der Waals surface area contributed by atoms with Crippen molar-refractivity contribution in [3.63, 3.8) is 0 Å².